The lowest BCUT2D eigenvalue weighted by Crippen LogP contribution is -2.49. The van der Waals surface area contributed by atoms with E-state index in [0.717, 1.165) is 24.4 Å². The Morgan fingerprint density at radius 3 is 2.56 bits per heavy atom. The number of likely N-dealkylation sites (tertiary alicyclic amines) is 1. The van der Waals surface area contributed by atoms with Gasteiger partial charge in [0, 0.05) is 30.7 Å². The van der Waals surface area contributed by atoms with Crippen LogP contribution in [0.3, 0.4) is 0 Å². The average Bonchev–Trinajstić information content (AvgIpc) is 3.16. The summed E-state index contributed by atoms with van der Waals surface area (Å²) in [4.78, 5) is 2.69. The van der Waals surface area contributed by atoms with E-state index in [1.807, 2.05) is 18.2 Å². The number of hydrogen-bond acceptors (Lipinski definition) is 4. The molecule has 4 heteroatoms. The van der Waals surface area contributed by atoms with Gasteiger partial charge in [-0.3, -0.25) is 4.90 Å². The third-order valence-electron chi connectivity index (χ3n) is 5.90. The van der Waals surface area contributed by atoms with E-state index in [0.29, 0.717) is 18.7 Å². The minimum Gasteiger partial charge on any atom is -0.491 e. The van der Waals surface area contributed by atoms with Crippen LogP contribution in [-0.2, 0) is 19.4 Å². The van der Waals surface area contributed by atoms with E-state index in [4.69, 9.17) is 9.84 Å². The third kappa shape index (κ3) is 4.52. The number of piperidine rings is 1. The number of fused-ring (bicyclic) bond motifs is 1. The van der Waals surface area contributed by atoms with Gasteiger partial charge in [0.15, 0.2) is 0 Å². The third-order valence-corrected chi connectivity index (χ3v) is 5.90. The Balaban J connectivity index is 1.32. The van der Waals surface area contributed by atoms with Gasteiger partial charge in [-0.05, 0) is 49.4 Å². The molecule has 0 radical (unpaired) electrons. The summed E-state index contributed by atoms with van der Waals surface area (Å²) in [6, 6.07) is 18.2. The number of rotatable bonds is 7. The number of ether oxygens (including phenoxy) is 1. The number of para-hydroxylation sites is 1. The summed E-state index contributed by atoms with van der Waals surface area (Å²) in [5, 5.41) is 12.7. The lowest BCUT2D eigenvalue weighted by atomic mass is 10.0. The molecule has 0 amide bonds. The van der Waals surface area contributed by atoms with Crippen molar-refractivity contribution in [2.45, 2.75) is 44.3 Å². The molecule has 2 N–H and O–H groups in total. The van der Waals surface area contributed by atoms with Gasteiger partial charge in [0.2, 0.25) is 0 Å². The molecule has 1 heterocycles. The molecule has 2 aliphatic rings. The minimum atomic E-state index is 0.0448. The van der Waals surface area contributed by atoms with Crippen molar-refractivity contribution < 1.29 is 9.84 Å². The van der Waals surface area contributed by atoms with Gasteiger partial charge < -0.3 is 15.2 Å². The number of hydrogen-bond donors (Lipinski definition) is 2. The van der Waals surface area contributed by atoms with E-state index in [-0.39, 0.29) is 6.61 Å². The standard InChI is InChI=1S/C23H30N2O2/c26-12-13-27-23-10-4-3-8-20(23)16-24-21-9-5-11-25(17-21)22-14-18-6-1-2-7-19(18)15-22/h1-4,6-8,10,21-22,24,26H,5,9,11-17H2/t21-/m1/s1. The van der Waals surface area contributed by atoms with Gasteiger partial charge in [-0.25, -0.2) is 0 Å². The summed E-state index contributed by atoms with van der Waals surface area (Å²) in [6.45, 7) is 3.54. The van der Waals surface area contributed by atoms with Gasteiger partial charge in [0.1, 0.15) is 12.4 Å². The molecule has 27 heavy (non-hydrogen) atoms. The minimum absolute atomic E-state index is 0.0448. The van der Waals surface area contributed by atoms with Crippen molar-refractivity contribution in [2.24, 2.45) is 0 Å². The highest BCUT2D eigenvalue weighted by Gasteiger charge is 2.30. The molecule has 0 aromatic heterocycles. The zero-order chi connectivity index (χ0) is 18.5. The van der Waals surface area contributed by atoms with Crippen molar-refractivity contribution in [1.82, 2.24) is 10.2 Å². The first-order valence-electron chi connectivity index (χ1n) is 10.2. The first-order chi connectivity index (χ1) is 13.3. The molecular weight excluding hydrogens is 336 g/mol. The molecule has 0 unspecified atom stereocenters. The van der Waals surface area contributed by atoms with Crippen LogP contribution in [0.2, 0.25) is 0 Å². The van der Waals surface area contributed by atoms with Gasteiger partial charge in [-0.1, -0.05) is 42.5 Å². The normalized spacial score (nSPS) is 20.6. The van der Waals surface area contributed by atoms with E-state index >= 15 is 0 Å². The predicted octanol–water partition coefficient (Wildman–Crippen LogP) is 2.78. The number of nitrogens with one attached hydrogen (secondary N) is 1. The van der Waals surface area contributed by atoms with Crippen molar-refractivity contribution in [3.63, 3.8) is 0 Å². The van der Waals surface area contributed by atoms with Crippen molar-refractivity contribution in [1.29, 1.82) is 0 Å². The Hall–Kier alpha value is -1.88. The van der Waals surface area contributed by atoms with Gasteiger partial charge in [-0.15, -0.1) is 0 Å². The van der Waals surface area contributed by atoms with E-state index in [1.54, 1.807) is 0 Å². The number of nitrogens with zero attached hydrogens (tertiary/aromatic N) is 1. The molecular formula is C23H30N2O2. The quantitative estimate of drug-likeness (QED) is 0.791. The second-order valence-electron chi connectivity index (χ2n) is 7.73. The summed E-state index contributed by atoms with van der Waals surface area (Å²) in [6.07, 6.45) is 4.88. The van der Waals surface area contributed by atoms with E-state index in [9.17, 15) is 0 Å². The fourth-order valence-corrected chi connectivity index (χ4v) is 4.50. The van der Waals surface area contributed by atoms with Gasteiger partial charge in [0.05, 0.1) is 6.61 Å². The fourth-order valence-electron chi connectivity index (χ4n) is 4.50. The second kappa shape index (κ2) is 8.87. The Labute approximate surface area is 162 Å². The molecule has 4 rings (SSSR count). The van der Waals surface area contributed by atoms with Crippen LogP contribution < -0.4 is 10.1 Å². The summed E-state index contributed by atoms with van der Waals surface area (Å²) in [5.74, 6) is 0.873. The zero-order valence-electron chi connectivity index (χ0n) is 15.9. The van der Waals surface area contributed by atoms with E-state index in [1.165, 1.54) is 43.4 Å². The van der Waals surface area contributed by atoms with Gasteiger partial charge in [-0.2, -0.15) is 0 Å². The number of benzene rings is 2. The van der Waals surface area contributed by atoms with Crippen molar-refractivity contribution in [3.8, 4) is 5.75 Å². The molecule has 1 fully saturated rings. The van der Waals surface area contributed by atoms with Crippen molar-refractivity contribution in [3.05, 3.63) is 65.2 Å². The lowest BCUT2D eigenvalue weighted by molar-refractivity contribution is 0.139. The number of aliphatic hydroxyl groups excluding tert-OH is 1. The summed E-state index contributed by atoms with van der Waals surface area (Å²) < 4.78 is 5.66. The van der Waals surface area contributed by atoms with Crippen LogP contribution in [-0.4, -0.2) is 48.4 Å². The van der Waals surface area contributed by atoms with Crippen LogP contribution >= 0.6 is 0 Å². The summed E-state index contributed by atoms with van der Waals surface area (Å²) in [5.41, 5.74) is 4.23. The predicted molar refractivity (Wildman–Crippen MR) is 108 cm³/mol. The highest BCUT2D eigenvalue weighted by atomic mass is 16.5. The SMILES string of the molecule is OCCOc1ccccc1CN[C@@H]1CCCN(C2Cc3ccccc3C2)C1. The summed E-state index contributed by atoms with van der Waals surface area (Å²) >= 11 is 0. The van der Waals surface area contributed by atoms with Crippen LogP contribution in [0.25, 0.3) is 0 Å². The molecule has 4 nitrogen and oxygen atoms in total. The van der Waals surface area contributed by atoms with Crippen LogP contribution in [0, 0.1) is 0 Å². The topological polar surface area (TPSA) is 44.7 Å². The molecule has 144 valence electrons. The van der Waals surface area contributed by atoms with Crippen LogP contribution in [0.15, 0.2) is 48.5 Å². The number of aliphatic hydroxyl groups is 1. The monoisotopic (exact) mass is 366 g/mol. The maximum absolute atomic E-state index is 9.00. The second-order valence-corrected chi connectivity index (χ2v) is 7.73. The molecule has 0 bridgehead atoms. The average molecular weight is 367 g/mol. The Bertz CT molecular complexity index is 724. The van der Waals surface area contributed by atoms with E-state index in [2.05, 4.69) is 40.5 Å². The van der Waals surface area contributed by atoms with Gasteiger partial charge in [0.25, 0.3) is 0 Å². The maximum atomic E-state index is 9.00. The Morgan fingerprint density at radius 1 is 1.04 bits per heavy atom. The van der Waals surface area contributed by atoms with Crippen LogP contribution in [0.4, 0.5) is 0 Å². The Morgan fingerprint density at radius 2 is 1.78 bits per heavy atom. The Kier molecular flexibility index (Phi) is 6.07. The molecule has 1 aliphatic heterocycles. The first-order valence-corrected chi connectivity index (χ1v) is 10.2. The molecule has 1 atom stereocenters. The molecule has 1 saturated heterocycles. The largest absolute Gasteiger partial charge is 0.491 e. The highest BCUT2D eigenvalue weighted by Crippen LogP contribution is 2.27. The molecule has 2 aromatic carbocycles. The van der Waals surface area contributed by atoms with Crippen molar-refractivity contribution >= 4 is 0 Å². The lowest BCUT2D eigenvalue weighted by Gasteiger charge is -2.37. The zero-order valence-corrected chi connectivity index (χ0v) is 15.9. The first kappa shape index (κ1) is 18.5. The maximum Gasteiger partial charge on any atom is 0.123 e. The smallest absolute Gasteiger partial charge is 0.123 e. The molecule has 0 saturated carbocycles. The van der Waals surface area contributed by atoms with Crippen molar-refractivity contribution in [2.75, 3.05) is 26.3 Å². The van der Waals surface area contributed by atoms with Crippen LogP contribution in [0.5, 0.6) is 5.75 Å². The molecule has 1 aliphatic carbocycles. The molecule has 0 spiro atoms. The van der Waals surface area contributed by atoms with E-state index < -0.39 is 0 Å². The fraction of sp³-hybridized carbons (Fsp3) is 0.478. The molecule has 2 aromatic rings. The van der Waals surface area contributed by atoms with Crippen LogP contribution in [0.1, 0.15) is 29.5 Å². The summed E-state index contributed by atoms with van der Waals surface area (Å²) in [7, 11) is 0. The van der Waals surface area contributed by atoms with Gasteiger partial charge >= 0.3 is 0 Å². The highest BCUT2D eigenvalue weighted by molar-refractivity contribution is 5.34.